The number of carbonyl (C=O) groups is 4. The molecule has 1 aliphatic rings. The summed E-state index contributed by atoms with van der Waals surface area (Å²) < 4.78 is 20.2. The zero-order chi connectivity index (χ0) is 25.7. The summed E-state index contributed by atoms with van der Waals surface area (Å²) >= 11 is 0. The third-order valence-electron chi connectivity index (χ3n) is 6.35. The van der Waals surface area contributed by atoms with Crippen LogP contribution in [0.2, 0.25) is 0 Å². The molecule has 2 atom stereocenters. The van der Waals surface area contributed by atoms with E-state index in [1.165, 1.54) is 28.4 Å². The summed E-state index contributed by atoms with van der Waals surface area (Å²) in [5, 5.41) is 0. The molecule has 0 amide bonds. The molecule has 1 rings (SSSR count). The van der Waals surface area contributed by atoms with Gasteiger partial charge in [0.15, 0.2) is 0 Å². The van der Waals surface area contributed by atoms with Crippen molar-refractivity contribution in [1.29, 1.82) is 0 Å². The van der Waals surface area contributed by atoms with Crippen molar-refractivity contribution >= 4 is 23.9 Å². The number of rotatable bonds is 12. The van der Waals surface area contributed by atoms with Crippen LogP contribution in [0, 0.1) is 11.8 Å². The van der Waals surface area contributed by atoms with E-state index >= 15 is 0 Å². The molecule has 0 heterocycles. The molecular weight excluding hydrogens is 440 g/mol. The van der Waals surface area contributed by atoms with Gasteiger partial charge >= 0.3 is 23.9 Å². The fourth-order valence-corrected chi connectivity index (χ4v) is 4.60. The summed E-state index contributed by atoms with van der Waals surface area (Å²) in [7, 11) is 5.05. The lowest BCUT2D eigenvalue weighted by atomic mass is 9.74. The van der Waals surface area contributed by atoms with Gasteiger partial charge in [-0.15, -0.1) is 0 Å². The first-order valence-electron chi connectivity index (χ1n) is 12.1. The van der Waals surface area contributed by atoms with Crippen molar-refractivity contribution in [1.82, 2.24) is 0 Å². The Balaban J connectivity index is 3.82. The lowest BCUT2D eigenvalue weighted by Gasteiger charge is -2.30. The number of hydrogen-bond acceptors (Lipinski definition) is 8. The molecule has 0 saturated heterocycles. The molecule has 0 aromatic heterocycles. The van der Waals surface area contributed by atoms with Gasteiger partial charge in [0.25, 0.3) is 0 Å². The molecule has 34 heavy (non-hydrogen) atoms. The SMILES string of the molecule is CCCCCC[C@@H]1C/C(C(=O)OC)=C(/C(=O)OC)[C@H](CCCC)C/C(C(=O)OC)=C\1C(=O)OC. The normalized spacial score (nSPS) is 22.9. The fourth-order valence-electron chi connectivity index (χ4n) is 4.60. The summed E-state index contributed by atoms with van der Waals surface area (Å²) in [6.45, 7) is 4.11. The van der Waals surface area contributed by atoms with E-state index in [1.54, 1.807) is 0 Å². The highest BCUT2D eigenvalue weighted by atomic mass is 16.5. The van der Waals surface area contributed by atoms with Crippen LogP contribution in [0.3, 0.4) is 0 Å². The monoisotopic (exact) mass is 480 g/mol. The Labute approximate surface area is 203 Å². The van der Waals surface area contributed by atoms with Crippen molar-refractivity contribution < 1.29 is 38.1 Å². The maximum absolute atomic E-state index is 13.0. The summed E-state index contributed by atoms with van der Waals surface area (Å²) in [6, 6.07) is 0. The largest absolute Gasteiger partial charge is 0.466 e. The number of hydrogen-bond donors (Lipinski definition) is 0. The predicted molar refractivity (Wildman–Crippen MR) is 127 cm³/mol. The van der Waals surface area contributed by atoms with E-state index in [4.69, 9.17) is 18.9 Å². The second-order valence-electron chi connectivity index (χ2n) is 8.54. The van der Waals surface area contributed by atoms with Crippen LogP contribution in [0.1, 0.15) is 78.1 Å². The lowest BCUT2D eigenvalue weighted by Crippen LogP contribution is -2.30. The van der Waals surface area contributed by atoms with Gasteiger partial charge in [0.1, 0.15) is 0 Å². The number of esters is 4. The Morgan fingerprint density at radius 3 is 1.32 bits per heavy atom. The summed E-state index contributed by atoms with van der Waals surface area (Å²) in [5.74, 6) is -3.55. The molecular formula is C26H40O8. The lowest BCUT2D eigenvalue weighted by molar-refractivity contribution is -0.141. The van der Waals surface area contributed by atoms with E-state index in [-0.39, 0.29) is 35.1 Å². The standard InChI is InChI=1S/C26H40O8/c1-7-9-11-12-14-18-16-20(24(28)32-4)21(25(29)33-5)17(13-10-8-2)15-19(23(27)31-3)22(18)26(30)34-6/h17-18H,7-16H2,1-6H3/b21-20-,22-19-/t17-,18-/m1/s1. The second kappa shape index (κ2) is 15.3. The quantitative estimate of drug-likeness (QED) is 0.229. The van der Waals surface area contributed by atoms with Crippen LogP contribution in [0.4, 0.5) is 0 Å². The molecule has 0 N–H and O–H groups in total. The zero-order valence-corrected chi connectivity index (χ0v) is 21.5. The van der Waals surface area contributed by atoms with Crippen molar-refractivity contribution in [2.75, 3.05) is 28.4 Å². The van der Waals surface area contributed by atoms with Gasteiger partial charge in [-0.05, 0) is 37.5 Å². The van der Waals surface area contributed by atoms with Crippen LogP contribution in [0.15, 0.2) is 22.3 Å². The van der Waals surface area contributed by atoms with Gasteiger partial charge in [-0.25, -0.2) is 19.2 Å². The molecule has 0 unspecified atom stereocenters. The van der Waals surface area contributed by atoms with Gasteiger partial charge in [0.05, 0.1) is 39.6 Å². The highest BCUT2D eigenvalue weighted by Gasteiger charge is 2.39. The summed E-state index contributed by atoms with van der Waals surface area (Å²) in [4.78, 5) is 51.8. The maximum Gasteiger partial charge on any atom is 0.334 e. The smallest absolute Gasteiger partial charge is 0.334 e. The van der Waals surface area contributed by atoms with E-state index in [9.17, 15) is 19.2 Å². The molecule has 0 saturated carbocycles. The molecule has 1 aliphatic carbocycles. The maximum atomic E-state index is 13.0. The van der Waals surface area contributed by atoms with Crippen LogP contribution in [-0.4, -0.2) is 52.3 Å². The van der Waals surface area contributed by atoms with Crippen LogP contribution in [0.5, 0.6) is 0 Å². The van der Waals surface area contributed by atoms with Crippen molar-refractivity contribution in [3.8, 4) is 0 Å². The zero-order valence-electron chi connectivity index (χ0n) is 21.5. The molecule has 0 aromatic rings. The number of ether oxygens (including phenoxy) is 4. The average molecular weight is 481 g/mol. The van der Waals surface area contributed by atoms with E-state index in [2.05, 4.69) is 6.92 Å². The minimum atomic E-state index is -0.633. The van der Waals surface area contributed by atoms with Crippen molar-refractivity contribution in [2.45, 2.75) is 78.1 Å². The van der Waals surface area contributed by atoms with Gasteiger partial charge in [-0.1, -0.05) is 52.4 Å². The Morgan fingerprint density at radius 2 is 0.971 bits per heavy atom. The number of methoxy groups -OCH3 is 4. The van der Waals surface area contributed by atoms with Crippen LogP contribution >= 0.6 is 0 Å². The Bertz CT molecular complexity index is 793. The Morgan fingerprint density at radius 1 is 0.588 bits per heavy atom. The first-order chi connectivity index (χ1) is 16.3. The van der Waals surface area contributed by atoms with E-state index in [0.717, 1.165) is 38.5 Å². The van der Waals surface area contributed by atoms with Crippen molar-refractivity contribution in [2.24, 2.45) is 11.8 Å². The van der Waals surface area contributed by atoms with Gasteiger partial charge in [0, 0.05) is 11.1 Å². The van der Waals surface area contributed by atoms with Crippen molar-refractivity contribution in [3.05, 3.63) is 22.3 Å². The van der Waals surface area contributed by atoms with Gasteiger partial charge in [-0.3, -0.25) is 0 Å². The van der Waals surface area contributed by atoms with Crippen LogP contribution in [0.25, 0.3) is 0 Å². The van der Waals surface area contributed by atoms with E-state index < -0.39 is 35.7 Å². The van der Waals surface area contributed by atoms with E-state index in [1.807, 2.05) is 6.92 Å². The molecule has 192 valence electrons. The number of carbonyl (C=O) groups excluding carboxylic acids is 4. The Kier molecular flexibility index (Phi) is 13.2. The fraction of sp³-hybridized carbons (Fsp3) is 0.692. The molecule has 0 radical (unpaired) electrons. The van der Waals surface area contributed by atoms with Crippen LogP contribution in [-0.2, 0) is 38.1 Å². The van der Waals surface area contributed by atoms with Gasteiger partial charge in [0.2, 0.25) is 0 Å². The topological polar surface area (TPSA) is 105 Å². The first-order valence-corrected chi connectivity index (χ1v) is 12.1. The summed E-state index contributed by atoms with van der Waals surface area (Å²) in [5.41, 5.74) is 0.826. The molecule has 0 aromatic carbocycles. The number of unbranched alkanes of at least 4 members (excludes halogenated alkanes) is 4. The van der Waals surface area contributed by atoms with Gasteiger partial charge < -0.3 is 18.9 Å². The van der Waals surface area contributed by atoms with Crippen LogP contribution < -0.4 is 0 Å². The third-order valence-corrected chi connectivity index (χ3v) is 6.35. The first kappa shape index (κ1) is 29.4. The molecule has 0 bridgehead atoms. The van der Waals surface area contributed by atoms with Crippen molar-refractivity contribution in [3.63, 3.8) is 0 Å². The molecule has 8 heteroatoms. The molecule has 8 nitrogen and oxygen atoms in total. The Hall–Kier alpha value is -2.64. The minimum absolute atomic E-state index is 0.0630. The van der Waals surface area contributed by atoms with Gasteiger partial charge in [-0.2, -0.15) is 0 Å². The highest BCUT2D eigenvalue weighted by Crippen LogP contribution is 2.40. The third kappa shape index (κ3) is 7.71. The average Bonchev–Trinajstić information content (AvgIpc) is 2.85. The molecule has 0 spiro atoms. The minimum Gasteiger partial charge on any atom is -0.466 e. The predicted octanol–water partition coefficient (Wildman–Crippen LogP) is 4.46. The summed E-state index contributed by atoms with van der Waals surface area (Å²) in [6.07, 6.45) is 6.59. The highest BCUT2D eigenvalue weighted by molar-refractivity contribution is 6.04. The molecule has 0 aliphatic heterocycles. The van der Waals surface area contributed by atoms with E-state index in [0.29, 0.717) is 12.8 Å². The second-order valence-corrected chi connectivity index (χ2v) is 8.54. The molecule has 0 fully saturated rings.